The molecule has 0 saturated heterocycles. The Morgan fingerprint density at radius 3 is 1.18 bits per heavy atom. The van der Waals surface area contributed by atoms with E-state index in [0.29, 0.717) is 40.3 Å². The topological polar surface area (TPSA) is 454 Å². The van der Waals surface area contributed by atoms with Crippen LogP contribution in [0.2, 0.25) is 0 Å². The van der Waals surface area contributed by atoms with Gasteiger partial charge < -0.3 is 70.4 Å². The van der Waals surface area contributed by atoms with E-state index in [1.165, 1.54) is 108 Å². The summed E-state index contributed by atoms with van der Waals surface area (Å²) in [5.41, 5.74) is 11.1. The molecule has 0 saturated carbocycles. The number of esters is 2. The molecular formula is C103H172N13NaO21S4. The van der Waals surface area contributed by atoms with Crippen molar-refractivity contribution in [1.29, 1.82) is 0 Å². The van der Waals surface area contributed by atoms with Crippen LogP contribution in [0.1, 0.15) is 274 Å². The maximum absolute atomic E-state index is 14.2. The number of likely N-dealkylation sites (N-methyl/N-ethyl adjacent to an activating group) is 2. The van der Waals surface area contributed by atoms with Gasteiger partial charge in [-0.1, -0.05) is 299 Å². The van der Waals surface area contributed by atoms with Crippen LogP contribution in [0.15, 0.2) is 137 Å². The standard InChI is InChI=1S/C32H39N5O9S2.C20H17N4O6S2.C8H12N2O2.C7H12O2.2C5H9NO.12C2H6.C2H2.Na/c1-6-7-14-45-31(44)20(16-23(30(43)35(4)5)48-32(47)36-13-9-12-34-36)15-18(2)29(42)37-19(3)25(27(40)28(33)41)26-21(37)10-8-11-22(26)46-17-24(38)39;1-11-15(17(26)18(21)27)16-13(5-3-6-14(16)30-10-29-9-25)24(11)19(28)12(2)32-20(31)23-8-4-7-22-23;1-3-7(11)9-5-6-10-8(12)4-2;1-3-5-6-9-7(8)4-2;2*1-4-5(7)6(2)3;13*1-2;/h8-13,18,20,23H,6-7,14-17H2,1-5H3,(H2,33,41)(H,38,39);3-8,12H,10H2,1-2H3,(H2,21,27);3-4H,1-2,5-6H2,(H,9,11)(H,10,12);4H,2-3,5-6H2,1H3;2*4H,1H2,2-3H3;12*1-2H3;1-2H;/q;-1;;;;;;;;;;;;;;;;;;+1. The van der Waals surface area contributed by atoms with Gasteiger partial charge in [-0.15, -0.1) is 12.8 Å². The number of amides is 7. The van der Waals surface area contributed by atoms with E-state index in [-0.39, 0.29) is 141 Å². The summed E-state index contributed by atoms with van der Waals surface area (Å²) in [4.78, 5) is 182. The predicted octanol–water partition coefficient (Wildman–Crippen LogP) is 16.3. The normalized spacial score (nSPS) is 9.54. The van der Waals surface area contributed by atoms with Crippen molar-refractivity contribution in [3.63, 3.8) is 0 Å². The molecule has 7 amide bonds. The van der Waals surface area contributed by atoms with Crippen molar-refractivity contribution < 1.29 is 130 Å². The first-order valence-corrected chi connectivity index (χ1v) is 49.8. The van der Waals surface area contributed by atoms with Crippen LogP contribution in [-0.4, -0.2) is 239 Å². The number of nitrogens with zero attached hydrogens (tertiary/aromatic N) is 9. The number of unbranched alkanes of at least 4 members (excludes halogenated alkanes) is 2. The van der Waals surface area contributed by atoms with Crippen LogP contribution in [0.4, 0.5) is 0 Å². The molecule has 0 bridgehead atoms. The van der Waals surface area contributed by atoms with E-state index in [1.54, 1.807) is 105 Å². The Hall–Kier alpha value is -11.5. The van der Waals surface area contributed by atoms with E-state index in [4.69, 9.17) is 55.2 Å². The number of Topliss-reactive ketones (excluding diaryl/α,β-unsaturated/α-hetero) is 2. The fraction of sp³-hybridized carbons (Fsp3) is 0.505. The monoisotopic (exact) mass is 2080 g/mol. The summed E-state index contributed by atoms with van der Waals surface area (Å²) < 4.78 is 31.6. The summed E-state index contributed by atoms with van der Waals surface area (Å²) in [6, 6.07) is 12.5. The van der Waals surface area contributed by atoms with Crippen molar-refractivity contribution in [3.8, 4) is 24.3 Å². The molecule has 0 radical (unpaired) electrons. The Morgan fingerprint density at radius 1 is 0.521 bits per heavy atom. The molecular weight excluding hydrogens is 1910 g/mol. The molecule has 2 aromatic carbocycles. The molecule has 0 spiro atoms. The number of terminal acetylenes is 1. The molecule has 0 aliphatic carbocycles. The van der Waals surface area contributed by atoms with Crippen molar-refractivity contribution in [1.82, 2.24) is 54.0 Å². The van der Waals surface area contributed by atoms with Gasteiger partial charge in [0, 0.05) is 104 Å². The molecule has 0 aliphatic heterocycles. The van der Waals surface area contributed by atoms with Gasteiger partial charge in [-0.25, -0.2) is 19.0 Å². The Kier molecular flexibility index (Phi) is 123. The SMILES string of the molecule is C#C.C=CC(=O)N(C)C.C=CC(=O)N(C)C.C=CC(=O)NCCNC(=O)C=C.C=CC(=O)OCCCC.CC.CC.CC.CC.CC.CC.CC.CC.CC.CC.CC.CC.CCCCOC(=O)C(CC(C)C(=O)n1c(C)c(C(=O)C(N)=O)c2c(OCC(=O)O)cccc21)CC(SC(=S)n1cccn1)C(=O)N(C)C.Cc1c(C(=O)C(N)=O)c2c(OCO[C-]=O)cccc2n1C(=O)C(C)SC(=S)n1cccn1.[Na+]. The summed E-state index contributed by atoms with van der Waals surface area (Å²) in [5.74, 6) is -10.2. The zero-order valence-electron chi connectivity index (χ0n) is 92.2. The van der Waals surface area contributed by atoms with Gasteiger partial charge in [0.1, 0.15) is 11.5 Å². The molecule has 6 aromatic rings. The molecule has 0 fully saturated rings. The average molecular weight is 2080 g/mol. The van der Waals surface area contributed by atoms with Gasteiger partial charge in [-0.2, -0.15) is 10.2 Å². The largest absolute Gasteiger partial charge is 1.00 e. The van der Waals surface area contributed by atoms with Crippen LogP contribution < -0.4 is 61.1 Å². The van der Waals surface area contributed by atoms with Crippen molar-refractivity contribution in [2.24, 2.45) is 23.3 Å². The quantitative estimate of drug-likeness (QED) is 0.00211. The molecule has 142 heavy (non-hydrogen) atoms. The van der Waals surface area contributed by atoms with Crippen molar-refractivity contribution >= 4 is 168 Å². The minimum atomic E-state index is -1.28. The number of ether oxygens (including phenoxy) is 5. The number of carbonyl (C=O) groups excluding carboxylic acids is 14. The van der Waals surface area contributed by atoms with Gasteiger partial charge in [0.2, 0.25) is 41.4 Å². The molecule has 6 rings (SSSR count). The molecule has 4 aromatic heterocycles. The first-order valence-electron chi connectivity index (χ1n) is 47.2. The molecule has 7 N–H and O–H groups in total. The Morgan fingerprint density at radius 2 is 0.880 bits per heavy atom. The van der Waals surface area contributed by atoms with E-state index in [9.17, 15) is 71.9 Å². The Balaban J connectivity index is -0.000000125. The number of benzene rings is 2. The first-order chi connectivity index (χ1) is 67.3. The fourth-order valence-electron chi connectivity index (χ4n) is 9.57. The van der Waals surface area contributed by atoms with Crippen LogP contribution in [-0.2, 0) is 67.0 Å². The third kappa shape index (κ3) is 67.8. The second-order valence-corrected chi connectivity index (χ2v) is 28.2. The second kappa shape index (κ2) is 108. The fourth-order valence-corrected chi connectivity index (χ4v) is 12.4. The zero-order valence-corrected chi connectivity index (χ0v) is 97.5. The molecule has 0 aliphatic rings. The maximum Gasteiger partial charge on any atom is 1.00 e. The summed E-state index contributed by atoms with van der Waals surface area (Å²) in [5, 5.41) is 21.1. The van der Waals surface area contributed by atoms with Crippen LogP contribution in [0.5, 0.6) is 11.5 Å². The molecule has 4 heterocycles. The smallest absolute Gasteiger partial charge is 0.626 e. The zero-order chi connectivity index (χ0) is 113. The Labute approximate surface area is 890 Å². The van der Waals surface area contributed by atoms with Gasteiger partial charge in [0.05, 0.1) is 62.6 Å². The molecule has 800 valence electrons. The molecule has 34 nitrogen and oxygen atoms in total. The summed E-state index contributed by atoms with van der Waals surface area (Å²) in [6.07, 6.45) is 23.8. The number of aromatic nitrogens is 6. The second-order valence-electron chi connectivity index (χ2n) is 24.3. The number of rotatable bonds is 35. The minimum Gasteiger partial charge on any atom is -0.626 e. The molecule has 4 unspecified atom stereocenters. The minimum absolute atomic E-state index is 0. The van der Waals surface area contributed by atoms with E-state index in [1.807, 2.05) is 180 Å². The third-order valence-corrected chi connectivity index (χ3v) is 18.2. The average Bonchev–Trinajstić information content (AvgIpc) is 1.60. The number of carboxylic acid groups (broad SMARTS) is 1. The number of hydrogen-bond acceptors (Lipinski definition) is 26. The summed E-state index contributed by atoms with van der Waals surface area (Å²) >= 11 is 13.0. The van der Waals surface area contributed by atoms with Gasteiger partial charge in [-0.05, 0) is 107 Å². The number of thioether (sulfide) groups is 2. The van der Waals surface area contributed by atoms with Crippen LogP contribution in [0, 0.1) is 38.5 Å². The van der Waals surface area contributed by atoms with Crippen molar-refractivity contribution in [3.05, 3.63) is 159 Å². The summed E-state index contributed by atoms with van der Waals surface area (Å²) in [6.45, 7) is 76.1. The van der Waals surface area contributed by atoms with E-state index in [2.05, 4.69) is 76.0 Å². The van der Waals surface area contributed by atoms with Gasteiger partial charge in [0.15, 0.2) is 22.0 Å². The number of thiocarbonyl (C=S) groups is 2. The number of fused-ring (bicyclic) bond motifs is 2. The third-order valence-electron chi connectivity index (χ3n) is 15.2. The summed E-state index contributed by atoms with van der Waals surface area (Å²) in [7, 11) is 9.92. The first kappa shape index (κ1) is 161. The Bertz CT molecular complexity index is 4500. The predicted molar refractivity (Wildman–Crippen MR) is 589 cm³/mol. The maximum atomic E-state index is 14.2. The number of aliphatic carboxylic acids is 1. The van der Waals surface area contributed by atoms with Gasteiger partial charge in [0.25, 0.3) is 23.4 Å². The number of nitrogens with two attached hydrogens (primary N) is 2. The molecule has 4 atom stereocenters. The van der Waals surface area contributed by atoms with E-state index < -0.39 is 77.0 Å². The molecule has 39 heteroatoms. The van der Waals surface area contributed by atoms with E-state index in [0.717, 1.165) is 42.8 Å². The number of ketones is 2. The van der Waals surface area contributed by atoms with Crippen molar-refractivity contribution in [2.45, 2.75) is 257 Å². The number of primary amides is 2. The van der Waals surface area contributed by atoms with Crippen LogP contribution in [0.3, 0.4) is 0 Å². The number of hydrogen-bond donors (Lipinski definition) is 5. The number of carbonyl (C=O) groups is 14. The van der Waals surface area contributed by atoms with E-state index >= 15 is 0 Å². The number of carboxylic acids is 1. The van der Waals surface area contributed by atoms with Gasteiger partial charge in [-0.3, -0.25) is 66.7 Å². The van der Waals surface area contributed by atoms with Crippen molar-refractivity contribution in [2.75, 3.05) is 82.0 Å². The number of nitrogens with one attached hydrogen (secondary N) is 2. The van der Waals surface area contributed by atoms with Gasteiger partial charge >= 0.3 is 47.5 Å². The van der Waals surface area contributed by atoms with Crippen LogP contribution in [0.25, 0.3) is 21.8 Å². The van der Waals surface area contributed by atoms with Crippen LogP contribution >= 0.6 is 48.0 Å².